The minimum absolute atomic E-state index is 0.0828. The Balaban J connectivity index is 1.36. The van der Waals surface area contributed by atoms with Crippen molar-refractivity contribution in [1.29, 1.82) is 0 Å². The highest BCUT2D eigenvalue weighted by Gasteiger charge is 2.38. The van der Waals surface area contributed by atoms with Crippen LogP contribution in [0.3, 0.4) is 0 Å². The Kier molecular flexibility index (Phi) is 6.49. The molecule has 0 amide bonds. The molecule has 2 aliphatic rings. The molecule has 2 heterocycles. The Morgan fingerprint density at radius 2 is 1.65 bits per heavy atom. The van der Waals surface area contributed by atoms with Crippen molar-refractivity contribution in [3.8, 4) is 28.3 Å². The number of ether oxygens (including phenoxy) is 1. The molecule has 6 rings (SSSR count). The summed E-state index contributed by atoms with van der Waals surface area (Å²) in [5.41, 5.74) is 5.31. The van der Waals surface area contributed by atoms with Gasteiger partial charge >= 0.3 is 5.97 Å². The van der Waals surface area contributed by atoms with E-state index in [1.54, 1.807) is 0 Å². The molecular weight excluding hydrogens is 464 g/mol. The average molecular weight is 495 g/mol. The van der Waals surface area contributed by atoms with Crippen molar-refractivity contribution in [2.45, 2.75) is 44.2 Å². The zero-order valence-corrected chi connectivity index (χ0v) is 20.7. The fourth-order valence-electron chi connectivity index (χ4n) is 5.89. The van der Waals surface area contributed by atoms with Crippen LogP contribution < -0.4 is 4.74 Å². The van der Waals surface area contributed by atoms with Crippen molar-refractivity contribution >= 4 is 5.97 Å². The van der Waals surface area contributed by atoms with Crippen LogP contribution in [0.1, 0.15) is 54.8 Å². The lowest BCUT2D eigenvalue weighted by atomic mass is 9.86. The van der Waals surface area contributed by atoms with Gasteiger partial charge in [-0.3, -0.25) is 4.90 Å². The summed E-state index contributed by atoms with van der Waals surface area (Å²) in [4.78, 5) is 18.7. The number of aromatic nitrogens is 1. The summed E-state index contributed by atoms with van der Waals surface area (Å²) in [6.07, 6.45) is 5.04. The summed E-state index contributed by atoms with van der Waals surface area (Å²) in [6, 6.07) is 26.8. The molecule has 1 aromatic heterocycles. The maximum Gasteiger partial charge on any atom is 0.341 e. The molecule has 4 aromatic rings. The van der Waals surface area contributed by atoms with Gasteiger partial charge in [0, 0.05) is 17.2 Å². The molecule has 3 aromatic carbocycles. The molecule has 0 unspecified atom stereocenters. The van der Waals surface area contributed by atoms with Gasteiger partial charge in [-0.2, -0.15) is 0 Å². The second kappa shape index (κ2) is 10.2. The minimum atomic E-state index is -0.961. The first-order valence-electron chi connectivity index (χ1n) is 13.0. The first kappa shape index (κ1) is 23.5. The second-order valence-electron chi connectivity index (χ2n) is 9.77. The summed E-state index contributed by atoms with van der Waals surface area (Å²) >= 11 is 0. The topological polar surface area (TPSA) is 75.8 Å². The molecule has 6 nitrogen and oxygen atoms in total. The lowest BCUT2D eigenvalue weighted by Crippen LogP contribution is -2.31. The molecule has 188 valence electrons. The zero-order valence-electron chi connectivity index (χ0n) is 20.7. The minimum Gasteiger partial charge on any atom is -0.482 e. The third-order valence-electron chi connectivity index (χ3n) is 7.49. The van der Waals surface area contributed by atoms with Gasteiger partial charge in [-0.1, -0.05) is 72.8 Å². The van der Waals surface area contributed by atoms with Crippen LogP contribution in [0.5, 0.6) is 5.75 Å². The number of fused-ring (bicyclic) bond motifs is 1. The largest absolute Gasteiger partial charge is 0.482 e. The molecule has 1 N–H and O–H groups in total. The van der Waals surface area contributed by atoms with Gasteiger partial charge in [-0.25, -0.2) is 9.78 Å². The Bertz CT molecular complexity index is 1330. The zero-order chi connectivity index (χ0) is 25.2. The molecule has 1 fully saturated rings. The highest BCUT2D eigenvalue weighted by molar-refractivity contribution is 5.76. The van der Waals surface area contributed by atoms with Crippen molar-refractivity contribution in [3.63, 3.8) is 0 Å². The number of hydrogen-bond donors (Lipinski definition) is 1. The Hall–Kier alpha value is -3.90. The molecule has 0 saturated carbocycles. The van der Waals surface area contributed by atoms with Gasteiger partial charge in [-0.05, 0) is 55.8 Å². The Labute approximate surface area is 216 Å². The van der Waals surface area contributed by atoms with E-state index in [-0.39, 0.29) is 18.7 Å². The van der Waals surface area contributed by atoms with Crippen LogP contribution in [0.25, 0.3) is 22.6 Å². The Morgan fingerprint density at radius 3 is 2.41 bits per heavy atom. The first-order valence-corrected chi connectivity index (χ1v) is 13.0. The molecular formula is C31H30N2O4. The average Bonchev–Trinajstić information content (AvgIpc) is 3.60. The van der Waals surface area contributed by atoms with Gasteiger partial charge in [0.1, 0.15) is 11.4 Å². The van der Waals surface area contributed by atoms with Crippen molar-refractivity contribution in [3.05, 3.63) is 95.9 Å². The number of carbonyl (C=O) groups is 1. The van der Waals surface area contributed by atoms with Crippen LogP contribution >= 0.6 is 0 Å². The molecule has 2 atom stereocenters. The van der Waals surface area contributed by atoms with Crippen LogP contribution in [0, 0.1) is 0 Å². The van der Waals surface area contributed by atoms with Gasteiger partial charge in [0.2, 0.25) is 5.89 Å². The SMILES string of the molecule is O=C(O)COc1cccc2c1CCC[C@@H]2N1CCC[C@H]1c1nc(-c2ccccc2)c(-c2ccccc2)o1. The highest BCUT2D eigenvalue weighted by atomic mass is 16.5. The van der Waals surface area contributed by atoms with Crippen LogP contribution in [-0.4, -0.2) is 34.1 Å². The predicted octanol–water partition coefficient (Wildman–Crippen LogP) is 6.69. The van der Waals surface area contributed by atoms with E-state index in [9.17, 15) is 4.79 Å². The number of carboxylic acids is 1. The van der Waals surface area contributed by atoms with Gasteiger partial charge in [0.15, 0.2) is 12.4 Å². The van der Waals surface area contributed by atoms with Crippen LogP contribution in [-0.2, 0) is 11.2 Å². The third-order valence-corrected chi connectivity index (χ3v) is 7.49. The number of aliphatic carboxylic acids is 1. The molecule has 0 spiro atoms. The van der Waals surface area contributed by atoms with E-state index >= 15 is 0 Å². The normalized spacial score (nSPS) is 19.5. The van der Waals surface area contributed by atoms with Crippen molar-refractivity contribution in [1.82, 2.24) is 9.88 Å². The molecule has 1 aliphatic heterocycles. The van der Waals surface area contributed by atoms with Crippen LogP contribution in [0.4, 0.5) is 0 Å². The Morgan fingerprint density at radius 1 is 0.919 bits per heavy atom. The van der Waals surface area contributed by atoms with Gasteiger partial charge in [0.05, 0.1) is 6.04 Å². The number of hydrogen-bond acceptors (Lipinski definition) is 5. The van der Waals surface area contributed by atoms with E-state index in [1.807, 2.05) is 48.5 Å². The number of rotatable bonds is 7. The fraction of sp³-hybridized carbons (Fsp3) is 0.290. The number of nitrogens with zero attached hydrogens (tertiary/aromatic N) is 2. The molecule has 1 aliphatic carbocycles. The van der Waals surface area contributed by atoms with Gasteiger partial charge in [0.25, 0.3) is 0 Å². The predicted molar refractivity (Wildman–Crippen MR) is 141 cm³/mol. The van der Waals surface area contributed by atoms with E-state index in [0.717, 1.165) is 72.7 Å². The van der Waals surface area contributed by atoms with Crippen molar-refractivity contribution in [2.24, 2.45) is 0 Å². The van der Waals surface area contributed by atoms with Crippen LogP contribution in [0.2, 0.25) is 0 Å². The quantitative estimate of drug-likeness (QED) is 0.309. The number of carboxylic acid groups (broad SMARTS) is 1. The first-order chi connectivity index (χ1) is 18.2. The lowest BCUT2D eigenvalue weighted by molar-refractivity contribution is -0.139. The van der Waals surface area contributed by atoms with E-state index in [4.69, 9.17) is 19.2 Å². The smallest absolute Gasteiger partial charge is 0.341 e. The summed E-state index contributed by atoms with van der Waals surface area (Å²) in [5, 5.41) is 9.10. The van der Waals surface area contributed by atoms with E-state index in [0.29, 0.717) is 5.75 Å². The summed E-state index contributed by atoms with van der Waals surface area (Å²) in [6.45, 7) is 0.646. The van der Waals surface area contributed by atoms with Crippen LogP contribution in [0.15, 0.2) is 83.3 Å². The highest BCUT2D eigenvalue weighted by Crippen LogP contribution is 2.46. The summed E-state index contributed by atoms with van der Waals surface area (Å²) in [5.74, 6) is 1.30. The summed E-state index contributed by atoms with van der Waals surface area (Å²) < 4.78 is 12.3. The molecule has 37 heavy (non-hydrogen) atoms. The number of oxazole rings is 1. The standard InChI is InChI=1S/C31H30N2O4/c34-28(35)20-36-27-18-8-14-23-24(27)15-7-16-25(23)33-19-9-17-26(33)31-32-29(21-10-3-1-4-11-21)30(37-31)22-12-5-2-6-13-22/h1-6,8,10-14,18,25-26H,7,9,15-17,19-20H2,(H,34,35)/t25-,26-/m0/s1. The molecule has 6 heteroatoms. The monoisotopic (exact) mass is 494 g/mol. The molecule has 1 saturated heterocycles. The van der Waals surface area contributed by atoms with Crippen molar-refractivity contribution in [2.75, 3.05) is 13.2 Å². The third kappa shape index (κ3) is 4.65. The van der Waals surface area contributed by atoms with Gasteiger partial charge < -0.3 is 14.3 Å². The number of likely N-dealkylation sites (tertiary alicyclic amines) is 1. The van der Waals surface area contributed by atoms with E-state index in [1.165, 1.54) is 5.56 Å². The number of benzene rings is 3. The molecule has 0 bridgehead atoms. The summed E-state index contributed by atoms with van der Waals surface area (Å²) in [7, 11) is 0. The second-order valence-corrected chi connectivity index (χ2v) is 9.77. The van der Waals surface area contributed by atoms with E-state index in [2.05, 4.69) is 35.2 Å². The van der Waals surface area contributed by atoms with Crippen molar-refractivity contribution < 1.29 is 19.1 Å². The maximum absolute atomic E-state index is 11.1. The van der Waals surface area contributed by atoms with E-state index < -0.39 is 5.97 Å². The molecule has 0 radical (unpaired) electrons. The fourth-order valence-corrected chi connectivity index (χ4v) is 5.89. The van der Waals surface area contributed by atoms with Gasteiger partial charge in [-0.15, -0.1) is 0 Å². The maximum atomic E-state index is 11.1. The lowest BCUT2D eigenvalue weighted by Gasteiger charge is -2.36.